The third-order valence-corrected chi connectivity index (χ3v) is 4.33. The van der Waals surface area contributed by atoms with Crippen LogP contribution in [0.1, 0.15) is 31.0 Å². The molecule has 0 spiro atoms. The lowest BCUT2D eigenvalue weighted by molar-refractivity contribution is 0.140. The summed E-state index contributed by atoms with van der Waals surface area (Å²) in [5.41, 5.74) is 9.56. The fourth-order valence-corrected chi connectivity index (χ4v) is 3.10. The van der Waals surface area contributed by atoms with Crippen LogP contribution in [0.25, 0.3) is 10.9 Å². The minimum Gasteiger partial charge on any atom is -0.328 e. The highest BCUT2D eigenvalue weighted by atomic mass is 15.2. The van der Waals surface area contributed by atoms with Gasteiger partial charge in [0, 0.05) is 36.3 Å². The maximum absolute atomic E-state index is 6.03. The summed E-state index contributed by atoms with van der Waals surface area (Å²) in [6.07, 6.45) is 2.22. The molecular weight excluding hydrogens is 246 g/mol. The Kier molecular flexibility index (Phi) is 3.72. The highest BCUT2D eigenvalue weighted by Gasteiger charge is 2.22. The Morgan fingerprint density at radius 1 is 1.30 bits per heavy atom. The number of benzene rings is 1. The average Bonchev–Trinajstić information content (AvgIpc) is 2.42. The van der Waals surface area contributed by atoms with Gasteiger partial charge in [0.15, 0.2) is 0 Å². The molecule has 3 nitrogen and oxygen atoms in total. The average molecular weight is 269 g/mol. The van der Waals surface area contributed by atoms with Crippen molar-refractivity contribution in [2.45, 2.75) is 45.3 Å². The molecule has 1 fully saturated rings. The third-order valence-electron chi connectivity index (χ3n) is 4.33. The first-order valence-electron chi connectivity index (χ1n) is 7.48. The summed E-state index contributed by atoms with van der Waals surface area (Å²) in [7, 11) is 0. The van der Waals surface area contributed by atoms with Gasteiger partial charge in [0.1, 0.15) is 0 Å². The van der Waals surface area contributed by atoms with Crippen LogP contribution in [0.5, 0.6) is 0 Å². The van der Waals surface area contributed by atoms with Crippen LogP contribution >= 0.6 is 0 Å². The SMILES string of the molecule is Cc1ccc2cc(CN3CCC(N)CC3C)ccc2n1. The summed E-state index contributed by atoms with van der Waals surface area (Å²) in [6, 6.07) is 11.8. The first-order valence-corrected chi connectivity index (χ1v) is 7.48. The fourth-order valence-electron chi connectivity index (χ4n) is 3.10. The predicted molar refractivity (Wildman–Crippen MR) is 83.6 cm³/mol. The number of hydrogen-bond acceptors (Lipinski definition) is 3. The number of hydrogen-bond donors (Lipinski definition) is 1. The lowest BCUT2D eigenvalue weighted by Crippen LogP contribution is -2.44. The van der Waals surface area contributed by atoms with E-state index < -0.39 is 0 Å². The number of fused-ring (bicyclic) bond motifs is 1. The smallest absolute Gasteiger partial charge is 0.0705 e. The molecule has 20 heavy (non-hydrogen) atoms. The molecule has 1 aromatic heterocycles. The molecule has 2 atom stereocenters. The van der Waals surface area contributed by atoms with Gasteiger partial charge in [-0.1, -0.05) is 12.1 Å². The predicted octanol–water partition coefficient (Wildman–Crippen LogP) is 2.85. The summed E-state index contributed by atoms with van der Waals surface area (Å²) in [6.45, 7) is 6.43. The Bertz CT molecular complexity index is 608. The monoisotopic (exact) mass is 269 g/mol. The Morgan fingerprint density at radius 3 is 2.95 bits per heavy atom. The van der Waals surface area contributed by atoms with Crippen molar-refractivity contribution in [3.63, 3.8) is 0 Å². The summed E-state index contributed by atoms with van der Waals surface area (Å²) in [5, 5.41) is 1.23. The van der Waals surface area contributed by atoms with E-state index in [1.807, 2.05) is 6.92 Å². The van der Waals surface area contributed by atoms with Crippen molar-refractivity contribution < 1.29 is 0 Å². The van der Waals surface area contributed by atoms with Crippen LogP contribution in [0, 0.1) is 6.92 Å². The van der Waals surface area contributed by atoms with Gasteiger partial charge in [-0.15, -0.1) is 0 Å². The largest absolute Gasteiger partial charge is 0.328 e. The van der Waals surface area contributed by atoms with Crippen LogP contribution in [0.3, 0.4) is 0 Å². The summed E-state index contributed by atoms with van der Waals surface area (Å²) in [5.74, 6) is 0. The van der Waals surface area contributed by atoms with Crippen LogP contribution < -0.4 is 5.73 Å². The van der Waals surface area contributed by atoms with Crippen molar-refractivity contribution in [1.82, 2.24) is 9.88 Å². The van der Waals surface area contributed by atoms with E-state index in [1.54, 1.807) is 0 Å². The number of aromatic nitrogens is 1. The third kappa shape index (κ3) is 2.84. The molecule has 3 heteroatoms. The van der Waals surface area contributed by atoms with Gasteiger partial charge in [-0.3, -0.25) is 9.88 Å². The van der Waals surface area contributed by atoms with Gasteiger partial charge < -0.3 is 5.73 Å². The molecule has 3 rings (SSSR count). The van der Waals surface area contributed by atoms with E-state index in [-0.39, 0.29) is 0 Å². The Labute approximate surface area is 120 Å². The highest BCUT2D eigenvalue weighted by Crippen LogP contribution is 2.21. The van der Waals surface area contributed by atoms with E-state index in [0.29, 0.717) is 12.1 Å². The van der Waals surface area contributed by atoms with E-state index in [1.165, 1.54) is 10.9 Å². The second-order valence-corrected chi connectivity index (χ2v) is 6.08. The highest BCUT2D eigenvalue weighted by molar-refractivity contribution is 5.79. The second kappa shape index (κ2) is 5.51. The molecule has 2 N–H and O–H groups in total. The number of pyridine rings is 1. The molecule has 0 bridgehead atoms. The number of nitrogens with zero attached hydrogens (tertiary/aromatic N) is 2. The molecule has 2 heterocycles. The molecule has 2 aromatic rings. The van der Waals surface area contributed by atoms with E-state index >= 15 is 0 Å². The maximum Gasteiger partial charge on any atom is 0.0705 e. The summed E-state index contributed by atoms with van der Waals surface area (Å²) < 4.78 is 0. The zero-order valence-electron chi connectivity index (χ0n) is 12.3. The van der Waals surface area contributed by atoms with Crippen LogP contribution in [0.2, 0.25) is 0 Å². The standard InChI is InChI=1S/C17H23N3/c1-12-3-5-15-10-14(4-6-17(15)19-12)11-20-8-7-16(18)9-13(20)2/h3-6,10,13,16H,7-9,11,18H2,1-2H3. The quantitative estimate of drug-likeness (QED) is 0.911. The molecule has 0 radical (unpaired) electrons. The van der Waals surface area contributed by atoms with E-state index in [0.717, 1.165) is 37.1 Å². The molecule has 2 unspecified atom stereocenters. The van der Waals surface area contributed by atoms with E-state index in [2.05, 4.69) is 47.1 Å². The Morgan fingerprint density at radius 2 is 2.15 bits per heavy atom. The van der Waals surface area contributed by atoms with Crippen molar-refractivity contribution in [2.24, 2.45) is 5.73 Å². The molecule has 106 valence electrons. The van der Waals surface area contributed by atoms with Gasteiger partial charge in [0.25, 0.3) is 0 Å². The van der Waals surface area contributed by atoms with Gasteiger partial charge in [-0.2, -0.15) is 0 Å². The lowest BCUT2D eigenvalue weighted by Gasteiger charge is -2.36. The molecule has 1 saturated heterocycles. The van der Waals surface area contributed by atoms with Crippen molar-refractivity contribution in [2.75, 3.05) is 6.54 Å². The maximum atomic E-state index is 6.03. The number of aryl methyl sites for hydroxylation is 1. The molecule has 1 aliphatic heterocycles. The summed E-state index contributed by atoms with van der Waals surface area (Å²) >= 11 is 0. The zero-order chi connectivity index (χ0) is 14.1. The Balaban J connectivity index is 1.79. The van der Waals surface area contributed by atoms with Crippen LogP contribution in [0.4, 0.5) is 0 Å². The van der Waals surface area contributed by atoms with Crippen molar-refractivity contribution in [1.29, 1.82) is 0 Å². The molecule has 0 aliphatic carbocycles. The first-order chi connectivity index (χ1) is 9.61. The molecule has 0 amide bonds. The van der Waals surface area contributed by atoms with Gasteiger partial charge >= 0.3 is 0 Å². The number of piperidine rings is 1. The lowest BCUT2D eigenvalue weighted by atomic mass is 9.98. The van der Waals surface area contributed by atoms with Crippen molar-refractivity contribution in [3.8, 4) is 0 Å². The van der Waals surface area contributed by atoms with Crippen molar-refractivity contribution >= 4 is 10.9 Å². The van der Waals surface area contributed by atoms with Gasteiger partial charge in [-0.05, 0) is 50.5 Å². The van der Waals surface area contributed by atoms with Crippen molar-refractivity contribution in [3.05, 3.63) is 41.6 Å². The van der Waals surface area contributed by atoms with Crippen LogP contribution in [0.15, 0.2) is 30.3 Å². The van der Waals surface area contributed by atoms with Gasteiger partial charge in [0.05, 0.1) is 5.52 Å². The Hall–Kier alpha value is -1.45. The number of likely N-dealkylation sites (tertiary alicyclic amines) is 1. The summed E-state index contributed by atoms with van der Waals surface area (Å²) in [4.78, 5) is 7.09. The molecule has 1 aliphatic rings. The number of rotatable bonds is 2. The van der Waals surface area contributed by atoms with Gasteiger partial charge in [-0.25, -0.2) is 0 Å². The topological polar surface area (TPSA) is 42.1 Å². The first kappa shape index (κ1) is 13.5. The van der Waals surface area contributed by atoms with Crippen LogP contribution in [-0.2, 0) is 6.54 Å². The van der Waals surface area contributed by atoms with Crippen LogP contribution in [-0.4, -0.2) is 28.5 Å². The van der Waals surface area contributed by atoms with E-state index in [4.69, 9.17) is 5.73 Å². The minimum atomic E-state index is 0.380. The molecule has 0 saturated carbocycles. The zero-order valence-corrected chi connectivity index (χ0v) is 12.3. The normalized spacial score (nSPS) is 24.1. The second-order valence-electron chi connectivity index (χ2n) is 6.08. The van der Waals surface area contributed by atoms with Gasteiger partial charge in [0.2, 0.25) is 0 Å². The number of nitrogens with two attached hydrogens (primary N) is 1. The molecule has 1 aromatic carbocycles. The fraction of sp³-hybridized carbons (Fsp3) is 0.471. The molecular formula is C17H23N3. The van der Waals surface area contributed by atoms with E-state index in [9.17, 15) is 0 Å². The minimum absolute atomic E-state index is 0.380.